The Morgan fingerprint density at radius 2 is 1.50 bits per heavy atom. The van der Waals surface area contributed by atoms with Gasteiger partial charge in [-0.15, -0.1) is 0 Å². The summed E-state index contributed by atoms with van der Waals surface area (Å²) in [6.07, 6.45) is 0. The average Bonchev–Trinajstić information content (AvgIpc) is 2.47. The number of benzene rings is 1. The molecule has 0 atom stereocenters. The van der Waals surface area contributed by atoms with Crippen molar-refractivity contribution in [2.45, 2.75) is 6.92 Å². The van der Waals surface area contributed by atoms with Gasteiger partial charge in [0.15, 0.2) is 0 Å². The van der Waals surface area contributed by atoms with Crippen molar-refractivity contribution in [3.63, 3.8) is 0 Å². The second-order valence-electron chi connectivity index (χ2n) is 4.62. The second kappa shape index (κ2) is 6.18. The third-order valence-electron chi connectivity index (χ3n) is 3.24. The summed E-state index contributed by atoms with van der Waals surface area (Å²) in [5, 5.41) is 2.56. The standard InChI is InChI=1S/C14H17N3O3/c1-11(18)16-7-9-17(10-8-16)14(20)13(19)15-12-5-3-2-4-6-12/h2-6H,7-10H2,1H3,(H,15,19). The first-order chi connectivity index (χ1) is 9.58. The van der Waals surface area contributed by atoms with E-state index in [1.807, 2.05) is 6.07 Å². The van der Waals surface area contributed by atoms with E-state index >= 15 is 0 Å². The Balaban J connectivity index is 1.89. The predicted molar refractivity (Wildman–Crippen MR) is 73.9 cm³/mol. The van der Waals surface area contributed by atoms with Crippen molar-refractivity contribution in [3.8, 4) is 0 Å². The molecule has 0 saturated carbocycles. The van der Waals surface area contributed by atoms with Crippen LogP contribution in [-0.4, -0.2) is 53.7 Å². The molecular weight excluding hydrogens is 258 g/mol. The molecule has 0 spiro atoms. The van der Waals surface area contributed by atoms with Crippen LogP contribution in [0.4, 0.5) is 5.69 Å². The van der Waals surface area contributed by atoms with Gasteiger partial charge in [-0.05, 0) is 12.1 Å². The van der Waals surface area contributed by atoms with Crippen molar-refractivity contribution >= 4 is 23.4 Å². The maximum atomic E-state index is 12.0. The fraction of sp³-hybridized carbons (Fsp3) is 0.357. The van der Waals surface area contributed by atoms with Crippen LogP contribution in [0.1, 0.15) is 6.92 Å². The number of carbonyl (C=O) groups excluding carboxylic acids is 3. The van der Waals surface area contributed by atoms with E-state index < -0.39 is 11.8 Å². The van der Waals surface area contributed by atoms with Gasteiger partial charge in [0.2, 0.25) is 5.91 Å². The molecule has 1 aromatic rings. The molecule has 1 fully saturated rings. The molecule has 20 heavy (non-hydrogen) atoms. The summed E-state index contributed by atoms with van der Waals surface area (Å²) in [6, 6.07) is 8.84. The van der Waals surface area contributed by atoms with Crippen molar-refractivity contribution in [3.05, 3.63) is 30.3 Å². The largest absolute Gasteiger partial charge is 0.339 e. The highest BCUT2D eigenvalue weighted by Gasteiger charge is 2.26. The average molecular weight is 275 g/mol. The molecule has 3 amide bonds. The van der Waals surface area contributed by atoms with Gasteiger partial charge in [0, 0.05) is 38.8 Å². The fourth-order valence-electron chi connectivity index (χ4n) is 2.07. The summed E-state index contributed by atoms with van der Waals surface area (Å²) in [5.41, 5.74) is 0.591. The van der Waals surface area contributed by atoms with E-state index in [9.17, 15) is 14.4 Å². The van der Waals surface area contributed by atoms with E-state index in [-0.39, 0.29) is 5.91 Å². The summed E-state index contributed by atoms with van der Waals surface area (Å²) in [5.74, 6) is -1.21. The minimum atomic E-state index is -0.646. The lowest BCUT2D eigenvalue weighted by Gasteiger charge is -2.33. The summed E-state index contributed by atoms with van der Waals surface area (Å²) < 4.78 is 0. The van der Waals surface area contributed by atoms with Crippen LogP contribution in [-0.2, 0) is 14.4 Å². The number of para-hydroxylation sites is 1. The molecule has 1 heterocycles. The monoisotopic (exact) mass is 275 g/mol. The molecule has 0 bridgehead atoms. The number of rotatable bonds is 1. The molecule has 1 saturated heterocycles. The van der Waals surface area contributed by atoms with Gasteiger partial charge in [0.1, 0.15) is 0 Å². The predicted octanol–water partition coefficient (Wildman–Crippen LogP) is 0.316. The van der Waals surface area contributed by atoms with Crippen molar-refractivity contribution in [2.75, 3.05) is 31.5 Å². The Morgan fingerprint density at radius 3 is 2.05 bits per heavy atom. The molecule has 6 nitrogen and oxygen atoms in total. The third kappa shape index (κ3) is 3.34. The zero-order valence-electron chi connectivity index (χ0n) is 11.3. The van der Waals surface area contributed by atoms with E-state index in [2.05, 4.69) is 5.32 Å². The Morgan fingerprint density at radius 1 is 0.950 bits per heavy atom. The Hall–Kier alpha value is -2.37. The highest BCUT2D eigenvalue weighted by atomic mass is 16.2. The van der Waals surface area contributed by atoms with Gasteiger partial charge in [-0.1, -0.05) is 18.2 Å². The van der Waals surface area contributed by atoms with Crippen LogP contribution in [0.3, 0.4) is 0 Å². The van der Waals surface area contributed by atoms with Gasteiger partial charge >= 0.3 is 11.8 Å². The highest BCUT2D eigenvalue weighted by Crippen LogP contribution is 2.07. The first kappa shape index (κ1) is 14.0. The molecule has 0 aliphatic carbocycles. The van der Waals surface area contributed by atoms with Crippen LogP contribution in [0.15, 0.2) is 30.3 Å². The highest BCUT2D eigenvalue weighted by molar-refractivity contribution is 6.39. The topological polar surface area (TPSA) is 69.7 Å². The zero-order chi connectivity index (χ0) is 14.5. The molecular formula is C14H17N3O3. The lowest BCUT2D eigenvalue weighted by molar-refractivity contribution is -0.145. The first-order valence-corrected chi connectivity index (χ1v) is 6.49. The van der Waals surface area contributed by atoms with E-state index in [4.69, 9.17) is 0 Å². The molecule has 2 rings (SSSR count). The minimum absolute atomic E-state index is 0.00849. The van der Waals surface area contributed by atoms with Crippen molar-refractivity contribution < 1.29 is 14.4 Å². The second-order valence-corrected chi connectivity index (χ2v) is 4.62. The fourth-order valence-corrected chi connectivity index (χ4v) is 2.07. The molecule has 0 radical (unpaired) electrons. The lowest BCUT2D eigenvalue weighted by atomic mass is 10.3. The first-order valence-electron chi connectivity index (χ1n) is 6.49. The van der Waals surface area contributed by atoms with Crippen LogP contribution in [0.25, 0.3) is 0 Å². The van der Waals surface area contributed by atoms with Crippen LogP contribution in [0.5, 0.6) is 0 Å². The Bertz CT molecular complexity index is 508. The third-order valence-corrected chi connectivity index (χ3v) is 3.24. The lowest BCUT2D eigenvalue weighted by Crippen LogP contribution is -2.52. The molecule has 0 aromatic heterocycles. The van der Waals surface area contributed by atoms with Crippen molar-refractivity contribution in [1.29, 1.82) is 0 Å². The van der Waals surface area contributed by atoms with Gasteiger partial charge in [0.25, 0.3) is 0 Å². The summed E-state index contributed by atoms with van der Waals surface area (Å²) in [6.45, 7) is 3.22. The molecule has 1 N–H and O–H groups in total. The Labute approximate surface area is 117 Å². The molecule has 6 heteroatoms. The van der Waals surface area contributed by atoms with Crippen molar-refractivity contribution in [1.82, 2.24) is 9.80 Å². The minimum Gasteiger partial charge on any atom is -0.339 e. The normalized spacial score (nSPS) is 14.8. The number of carbonyl (C=O) groups is 3. The smallest absolute Gasteiger partial charge is 0.313 e. The zero-order valence-corrected chi connectivity index (χ0v) is 11.3. The van der Waals surface area contributed by atoms with Crippen LogP contribution >= 0.6 is 0 Å². The quantitative estimate of drug-likeness (QED) is 0.750. The van der Waals surface area contributed by atoms with Gasteiger partial charge in [-0.2, -0.15) is 0 Å². The molecule has 0 unspecified atom stereocenters. The van der Waals surface area contributed by atoms with E-state index in [1.165, 1.54) is 11.8 Å². The number of nitrogens with one attached hydrogen (secondary N) is 1. The SMILES string of the molecule is CC(=O)N1CCN(C(=O)C(=O)Nc2ccccc2)CC1. The molecule has 106 valence electrons. The molecule has 1 aliphatic rings. The number of anilines is 1. The van der Waals surface area contributed by atoms with Crippen LogP contribution in [0.2, 0.25) is 0 Å². The van der Waals surface area contributed by atoms with E-state index in [0.29, 0.717) is 31.9 Å². The summed E-state index contributed by atoms with van der Waals surface area (Å²) in [4.78, 5) is 38.2. The number of hydrogen-bond acceptors (Lipinski definition) is 3. The molecule has 1 aromatic carbocycles. The van der Waals surface area contributed by atoms with Gasteiger partial charge in [0.05, 0.1) is 0 Å². The van der Waals surface area contributed by atoms with Gasteiger partial charge in [-0.3, -0.25) is 14.4 Å². The van der Waals surface area contributed by atoms with E-state index in [0.717, 1.165) is 0 Å². The maximum absolute atomic E-state index is 12.0. The summed E-state index contributed by atoms with van der Waals surface area (Å²) in [7, 11) is 0. The van der Waals surface area contributed by atoms with Gasteiger partial charge in [-0.25, -0.2) is 0 Å². The maximum Gasteiger partial charge on any atom is 0.313 e. The van der Waals surface area contributed by atoms with Crippen LogP contribution in [0, 0.1) is 0 Å². The molecule has 1 aliphatic heterocycles. The number of hydrogen-bond donors (Lipinski definition) is 1. The van der Waals surface area contributed by atoms with Crippen molar-refractivity contribution in [2.24, 2.45) is 0 Å². The Kier molecular flexibility index (Phi) is 4.34. The number of piperazine rings is 1. The summed E-state index contributed by atoms with van der Waals surface area (Å²) >= 11 is 0. The number of nitrogens with zero attached hydrogens (tertiary/aromatic N) is 2. The van der Waals surface area contributed by atoms with Crippen LogP contribution < -0.4 is 5.32 Å². The van der Waals surface area contributed by atoms with E-state index in [1.54, 1.807) is 29.2 Å². The van der Waals surface area contributed by atoms with Gasteiger partial charge < -0.3 is 15.1 Å². The number of amides is 3.